The number of hydrogen-bond donors (Lipinski definition) is 1. The lowest BCUT2D eigenvalue weighted by Gasteiger charge is -2.26. The van der Waals surface area contributed by atoms with E-state index < -0.39 is 0 Å². The van der Waals surface area contributed by atoms with Gasteiger partial charge in [-0.25, -0.2) is 4.39 Å². The maximum Gasteiger partial charge on any atom is 0.149 e. The summed E-state index contributed by atoms with van der Waals surface area (Å²) in [4.78, 5) is 0. The van der Waals surface area contributed by atoms with Gasteiger partial charge in [0.2, 0.25) is 0 Å². The highest BCUT2D eigenvalue weighted by Gasteiger charge is 2.19. The van der Waals surface area contributed by atoms with E-state index in [2.05, 4.69) is 12.2 Å². The Labute approximate surface area is 84.3 Å². The monoisotopic (exact) mass is 193 g/mol. The Morgan fingerprint density at radius 1 is 1.50 bits per heavy atom. The predicted molar refractivity (Wildman–Crippen MR) is 57.1 cm³/mol. The minimum atomic E-state index is -0.0722. The van der Waals surface area contributed by atoms with Crippen LogP contribution in [0.2, 0.25) is 0 Å². The zero-order chi connectivity index (χ0) is 10.1. The Morgan fingerprint density at radius 2 is 2.29 bits per heavy atom. The van der Waals surface area contributed by atoms with Gasteiger partial charge < -0.3 is 5.32 Å². The van der Waals surface area contributed by atoms with Crippen LogP contribution in [0.25, 0.3) is 0 Å². The first-order valence-corrected chi connectivity index (χ1v) is 5.24. The van der Waals surface area contributed by atoms with Gasteiger partial charge in [-0.05, 0) is 30.4 Å². The molecule has 1 aliphatic heterocycles. The van der Waals surface area contributed by atoms with Crippen molar-refractivity contribution >= 4 is 5.69 Å². The Bertz CT molecular complexity index is 346. The second-order valence-corrected chi connectivity index (χ2v) is 4.09. The number of rotatable bonds is 1. The van der Waals surface area contributed by atoms with Crippen molar-refractivity contribution in [1.29, 1.82) is 0 Å². The topological polar surface area (TPSA) is 12.0 Å². The van der Waals surface area contributed by atoms with Crippen molar-refractivity contribution < 1.29 is 4.39 Å². The normalized spacial score (nSPS) is 20.1. The van der Waals surface area contributed by atoms with Gasteiger partial charge >= 0.3 is 0 Å². The molecule has 0 fully saturated rings. The maximum atomic E-state index is 13.7. The van der Waals surface area contributed by atoms with E-state index in [4.69, 9.17) is 0 Å². The summed E-state index contributed by atoms with van der Waals surface area (Å²) in [6.45, 7) is 4.90. The first-order chi connectivity index (χ1) is 6.72. The molecule has 2 rings (SSSR count). The van der Waals surface area contributed by atoms with Crippen LogP contribution in [0.5, 0.6) is 0 Å². The first kappa shape index (κ1) is 9.50. The van der Waals surface area contributed by atoms with E-state index in [1.165, 1.54) is 0 Å². The number of halogens is 1. The molecule has 76 valence electrons. The Hall–Kier alpha value is -1.05. The van der Waals surface area contributed by atoms with Gasteiger partial charge in [-0.2, -0.15) is 0 Å². The molecule has 0 saturated carbocycles. The number of nitrogens with one attached hydrogen (secondary N) is 1. The quantitative estimate of drug-likeness (QED) is 0.722. The summed E-state index contributed by atoms with van der Waals surface area (Å²) in [6, 6.07) is 3.91. The van der Waals surface area contributed by atoms with Crippen molar-refractivity contribution in [2.24, 2.45) is 5.92 Å². The largest absolute Gasteiger partial charge is 0.382 e. The minimum Gasteiger partial charge on any atom is -0.382 e. The molecular formula is C12H16FN. The highest BCUT2D eigenvalue weighted by atomic mass is 19.1. The smallest absolute Gasteiger partial charge is 0.149 e. The second kappa shape index (κ2) is 3.60. The van der Waals surface area contributed by atoms with Crippen molar-refractivity contribution in [3.63, 3.8) is 0 Å². The molecular weight excluding hydrogens is 177 g/mol. The van der Waals surface area contributed by atoms with Gasteiger partial charge in [0.1, 0.15) is 5.82 Å². The summed E-state index contributed by atoms with van der Waals surface area (Å²) in [5, 5.41) is 3.20. The van der Waals surface area contributed by atoms with Gasteiger partial charge in [-0.15, -0.1) is 0 Å². The highest BCUT2D eigenvalue weighted by molar-refractivity contribution is 5.56. The summed E-state index contributed by atoms with van der Waals surface area (Å²) in [5.41, 5.74) is 2.59. The van der Waals surface area contributed by atoms with Crippen LogP contribution in [0.1, 0.15) is 24.5 Å². The van der Waals surface area contributed by atoms with Crippen LogP contribution in [0.4, 0.5) is 10.1 Å². The zero-order valence-electron chi connectivity index (χ0n) is 8.73. The fraction of sp³-hybridized carbons (Fsp3) is 0.500. The van der Waals surface area contributed by atoms with E-state index in [0.29, 0.717) is 5.92 Å². The molecule has 0 amide bonds. The Morgan fingerprint density at radius 3 is 3.00 bits per heavy atom. The fourth-order valence-electron chi connectivity index (χ4n) is 2.00. The summed E-state index contributed by atoms with van der Waals surface area (Å²) < 4.78 is 13.7. The molecule has 1 aromatic carbocycles. The van der Waals surface area contributed by atoms with Gasteiger partial charge in [0.15, 0.2) is 0 Å². The van der Waals surface area contributed by atoms with Crippen molar-refractivity contribution in [1.82, 2.24) is 0 Å². The molecule has 1 N–H and O–H groups in total. The van der Waals surface area contributed by atoms with Crippen LogP contribution in [-0.4, -0.2) is 6.54 Å². The third kappa shape index (κ3) is 1.49. The Balaban J connectivity index is 2.36. The van der Waals surface area contributed by atoms with Gasteiger partial charge in [-0.3, -0.25) is 0 Å². The molecule has 0 radical (unpaired) electrons. The van der Waals surface area contributed by atoms with Crippen LogP contribution in [-0.2, 0) is 6.42 Å². The zero-order valence-corrected chi connectivity index (χ0v) is 8.73. The van der Waals surface area contributed by atoms with Crippen molar-refractivity contribution in [3.8, 4) is 0 Å². The molecule has 1 aliphatic rings. The van der Waals surface area contributed by atoms with Crippen LogP contribution in [0.15, 0.2) is 12.1 Å². The van der Waals surface area contributed by atoms with Crippen molar-refractivity contribution in [2.45, 2.75) is 26.7 Å². The van der Waals surface area contributed by atoms with E-state index in [1.54, 1.807) is 0 Å². The third-order valence-corrected chi connectivity index (χ3v) is 3.07. The van der Waals surface area contributed by atoms with E-state index in [0.717, 1.165) is 36.2 Å². The lowest BCUT2D eigenvalue weighted by Crippen LogP contribution is -2.23. The van der Waals surface area contributed by atoms with Crippen molar-refractivity contribution in [3.05, 3.63) is 29.1 Å². The number of benzene rings is 1. The van der Waals surface area contributed by atoms with Crippen LogP contribution in [0.3, 0.4) is 0 Å². The van der Waals surface area contributed by atoms with E-state index in [1.807, 2.05) is 19.1 Å². The third-order valence-electron chi connectivity index (χ3n) is 3.07. The molecule has 0 spiro atoms. The second-order valence-electron chi connectivity index (χ2n) is 4.09. The van der Waals surface area contributed by atoms with E-state index in [-0.39, 0.29) is 5.82 Å². The summed E-state index contributed by atoms with van der Waals surface area (Å²) in [7, 11) is 0. The standard InChI is InChI=1S/C12H16FN/c1-3-9-6-10-5-4-8(2)11(13)12(10)14-7-9/h4-5,9,14H,3,6-7H2,1-2H3. The highest BCUT2D eigenvalue weighted by Crippen LogP contribution is 2.30. The number of fused-ring (bicyclic) bond motifs is 1. The lowest BCUT2D eigenvalue weighted by molar-refractivity contribution is 0.511. The number of hydrogen-bond acceptors (Lipinski definition) is 1. The van der Waals surface area contributed by atoms with Crippen LogP contribution >= 0.6 is 0 Å². The molecule has 1 aromatic rings. The molecule has 1 atom stereocenters. The van der Waals surface area contributed by atoms with E-state index >= 15 is 0 Å². The molecule has 1 heterocycles. The minimum absolute atomic E-state index is 0.0722. The molecule has 0 bridgehead atoms. The van der Waals surface area contributed by atoms with Crippen LogP contribution < -0.4 is 5.32 Å². The molecule has 0 saturated heterocycles. The maximum absolute atomic E-state index is 13.7. The SMILES string of the molecule is CCC1CNc2c(ccc(C)c2F)C1. The average Bonchev–Trinajstić information content (AvgIpc) is 2.23. The van der Waals surface area contributed by atoms with Crippen molar-refractivity contribution in [2.75, 3.05) is 11.9 Å². The summed E-state index contributed by atoms with van der Waals surface area (Å²) >= 11 is 0. The number of aryl methyl sites for hydroxylation is 1. The average molecular weight is 193 g/mol. The summed E-state index contributed by atoms with van der Waals surface area (Å²) in [6.07, 6.45) is 2.16. The predicted octanol–water partition coefficient (Wildman–Crippen LogP) is 3.13. The molecule has 0 aromatic heterocycles. The molecule has 14 heavy (non-hydrogen) atoms. The van der Waals surface area contributed by atoms with Crippen LogP contribution in [0, 0.1) is 18.7 Å². The molecule has 1 nitrogen and oxygen atoms in total. The lowest BCUT2D eigenvalue weighted by atomic mass is 9.91. The van der Waals surface area contributed by atoms with Gasteiger partial charge in [-0.1, -0.05) is 25.5 Å². The number of anilines is 1. The molecule has 1 unspecified atom stereocenters. The van der Waals surface area contributed by atoms with Gasteiger partial charge in [0.25, 0.3) is 0 Å². The summed E-state index contributed by atoms with van der Waals surface area (Å²) in [5.74, 6) is 0.585. The first-order valence-electron chi connectivity index (χ1n) is 5.24. The molecule has 2 heteroatoms. The van der Waals surface area contributed by atoms with E-state index in [9.17, 15) is 4.39 Å². The Kier molecular flexibility index (Phi) is 2.44. The van der Waals surface area contributed by atoms with Gasteiger partial charge in [0, 0.05) is 6.54 Å². The van der Waals surface area contributed by atoms with Gasteiger partial charge in [0.05, 0.1) is 5.69 Å². The molecule has 0 aliphatic carbocycles. The fourth-order valence-corrected chi connectivity index (χ4v) is 2.00.